The molecule has 3 unspecified atom stereocenters. The number of aliphatic hydroxyl groups is 1. The molecular formula is C29H42FN3O4. The summed E-state index contributed by atoms with van der Waals surface area (Å²) < 4.78 is 17.9. The van der Waals surface area contributed by atoms with Crippen molar-refractivity contribution >= 4 is 18.0 Å². The van der Waals surface area contributed by atoms with Gasteiger partial charge in [-0.1, -0.05) is 38.1 Å². The molecule has 1 heterocycles. The molecule has 0 bridgehead atoms. The third-order valence-corrected chi connectivity index (χ3v) is 6.30. The van der Waals surface area contributed by atoms with E-state index in [1.54, 1.807) is 18.2 Å². The van der Waals surface area contributed by atoms with E-state index in [0.717, 1.165) is 48.9 Å². The topological polar surface area (TPSA) is 100 Å². The summed E-state index contributed by atoms with van der Waals surface area (Å²) in [6.45, 7) is 11.6. The third kappa shape index (κ3) is 10.3. The van der Waals surface area contributed by atoms with Gasteiger partial charge in [0.2, 0.25) is 12.3 Å². The lowest BCUT2D eigenvalue weighted by Gasteiger charge is -2.21. The number of aliphatic imine (C=N–C) groups is 1. The Kier molecular flexibility index (Phi) is 14.8. The van der Waals surface area contributed by atoms with Gasteiger partial charge in [0.15, 0.2) is 0 Å². The van der Waals surface area contributed by atoms with Crippen LogP contribution in [-0.4, -0.2) is 49.4 Å². The highest BCUT2D eigenvalue weighted by Crippen LogP contribution is 2.30. The fraction of sp³-hybridized carbons (Fsp3) is 0.483. The van der Waals surface area contributed by atoms with E-state index in [4.69, 9.17) is 14.8 Å². The quantitative estimate of drug-likeness (QED) is 0.316. The predicted octanol–water partition coefficient (Wildman–Crippen LogP) is 4.69. The van der Waals surface area contributed by atoms with Gasteiger partial charge in [0.1, 0.15) is 11.6 Å². The van der Waals surface area contributed by atoms with Crippen molar-refractivity contribution in [2.45, 2.75) is 66.0 Å². The number of hydrogen-bond donors (Lipinski definition) is 3. The molecule has 1 aliphatic heterocycles. The van der Waals surface area contributed by atoms with E-state index in [0.29, 0.717) is 19.6 Å². The summed E-state index contributed by atoms with van der Waals surface area (Å²) in [5.41, 5.74) is 4.45. The number of rotatable bonds is 10. The van der Waals surface area contributed by atoms with E-state index in [1.165, 1.54) is 17.7 Å². The molecule has 8 heteroatoms. The van der Waals surface area contributed by atoms with Gasteiger partial charge in [-0.05, 0) is 68.5 Å². The molecule has 1 fully saturated rings. The molecule has 3 rings (SSSR count). The van der Waals surface area contributed by atoms with Crippen molar-refractivity contribution in [3.8, 4) is 5.75 Å². The van der Waals surface area contributed by atoms with Crippen LogP contribution in [0, 0.1) is 25.6 Å². The summed E-state index contributed by atoms with van der Waals surface area (Å²) >= 11 is 0. The molecule has 0 saturated carbocycles. The van der Waals surface area contributed by atoms with Crippen LogP contribution in [0.5, 0.6) is 5.75 Å². The van der Waals surface area contributed by atoms with Crippen molar-refractivity contribution in [1.82, 2.24) is 10.6 Å². The number of halogens is 1. The first-order valence-electron chi connectivity index (χ1n) is 12.7. The van der Waals surface area contributed by atoms with Gasteiger partial charge in [0.25, 0.3) is 0 Å². The fourth-order valence-corrected chi connectivity index (χ4v) is 4.11. The maximum absolute atomic E-state index is 11.9. The molecule has 0 radical (unpaired) electrons. The molecule has 1 aliphatic rings. The summed E-state index contributed by atoms with van der Waals surface area (Å²) in [7, 11) is 1.00. The lowest BCUT2D eigenvalue weighted by atomic mass is 9.97. The number of benzene rings is 2. The van der Waals surface area contributed by atoms with Gasteiger partial charge in [0.05, 0.1) is 18.7 Å². The van der Waals surface area contributed by atoms with E-state index in [1.807, 2.05) is 13.0 Å². The summed E-state index contributed by atoms with van der Waals surface area (Å²) in [6, 6.07) is 12.0. The standard InChI is InChI=1S/C22H33N3O3.C6H5F.CH4O/c1-6-19(24-13-26)20(7-2)25-16(5)18-8-9-21(15(4)14(18)3)28-12-17-10-22(27)23-11-17;7-6-4-2-1-3-5-6;1-2/h8-9,13,16-17,19H,6-7,10-12H2,1-5H3,(H,23,27)(H,24,26);1-5H;2H,1H3. The van der Waals surface area contributed by atoms with Crippen molar-refractivity contribution in [3.63, 3.8) is 0 Å². The van der Waals surface area contributed by atoms with Gasteiger partial charge in [-0.3, -0.25) is 14.6 Å². The van der Waals surface area contributed by atoms with E-state index in [-0.39, 0.29) is 29.7 Å². The van der Waals surface area contributed by atoms with E-state index >= 15 is 0 Å². The van der Waals surface area contributed by atoms with Crippen LogP contribution in [0.4, 0.5) is 4.39 Å². The third-order valence-electron chi connectivity index (χ3n) is 6.30. The molecule has 0 aromatic heterocycles. The normalized spacial score (nSPS) is 16.3. The summed E-state index contributed by atoms with van der Waals surface area (Å²) in [5.74, 6) is 1.02. The predicted molar refractivity (Wildman–Crippen MR) is 146 cm³/mol. The van der Waals surface area contributed by atoms with E-state index in [9.17, 15) is 14.0 Å². The summed E-state index contributed by atoms with van der Waals surface area (Å²) in [5, 5.41) is 12.7. The van der Waals surface area contributed by atoms with Crippen LogP contribution in [0.3, 0.4) is 0 Å². The summed E-state index contributed by atoms with van der Waals surface area (Å²) in [6.07, 6.45) is 2.91. The first-order chi connectivity index (χ1) is 17.8. The zero-order chi connectivity index (χ0) is 27.8. The average Bonchev–Trinajstić information content (AvgIpc) is 3.33. The number of ether oxygens (including phenoxy) is 1. The van der Waals surface area contributed by atoms with Crippen LogP contribution in [-0.2, 0) is 9.59 Å². The lowest BCUT2D eigenvalue weighted by Crippen LogP contribution is -2.35. The van der Waals surface area contributed by atoms with Gasteiger partial charge >= 0.3 is 0 Å². The Bertz CT molecular complexity index is 998. The highest BCUT2D eigenvalue weighted by Gasteiger charge is 2.22. The highest BCUT2D eigenvalue weighted by atomic mass is 19.1. The SMILES string of the molecule is CCC(=NC(C)c1ccc(OCC2CNC(=O)C2)c(C)c1C)C(CC)NC=O.CO.Fc1ccccc1. The van der Waals surface area contributed by atoms with Gasteiger partial charge in [-0.2, -0.15) is 0 Å². The average molecular weight is 516 g/mol. The number of carbonyl (C=O) groups excluding carboxylic acids is 2. The van der Waals surface area contributed by atoms with Gasteiger partial charge in [-0.15, -0.1) is 0 Å². The van der Waals surface area contributed by atoms with Crippen molar-refractivity contribution in [1.29, 1.82) is 0 Å². The number of hydrogen-bond acceptors (Lipinski definition) is 5. The zero-order valence-corrected chi connectivity index (χ0v) is 22.9. The van der Waals surface area contributed by atoms with Gasteiger partial charge in [0, 0.05) is 31.7 Å². The molecule has 7 nitrogen and oxygen atoms in total. The largest absolute Gasteiger partial charge is 0.493 e. The number of nitrogens with one attached hydrogen (secondary N) is 2. The number of aliphatic hydroxyl groups excluding tert-OH is 1. The van der Waals surface area contributed by atoms with Crippen molar-refractivity contribution in [2.75, 3.05) is 20.3 Å². The van der Waals surface area contributed by atoms with Crippen LogP contribution in [0.2, 0.25) is 0 Å². The molecule has 0 spiro atoms. The Balaban J connectivity index is 0.000000645. The molecule has 204 valence electrons. The monoisotopic (exact) mass is 515 g/mol. The molecule has 37 heavy (non-hydrogen) atoms. The second-order valence-corrected chi connectivity index (χ2v) is 8.78. The van der Waals surface area contributed by atoms with Gasteiger partial charge < -0.3 is 20.5 Å². The first-order valence-corrected chi connectivity index (χ1v) is 12.7. The minimum atomic E-state index is -0.178. The fourth-order valence-electron chi connectivity index (χ4n) is 4.11. The second kappa shape index (κ2) is 17.2. The highest BCUT2D eigenvalue weighted by molar-refractivity contribution is 5.90. The lowest BCUT2D eigenvalue weighted by molar-refractivity contribution is -0.119. The maximum Gasteiger partial charge on any atom is 0.220 e. The Morgan fingerprint density at radius 1 is 1.19 bits per heavy atom. The van der Waals surface area contributed by atoms with Crippen LogP contribution in [0.1, 0.15) is 62.8 Å². The molecule has 0 aliphatic carbocycles. The molecule has 3 atom stereocenters. The number of amides is 2. The smallest absolute Gasteiger partial charge is 0.220 e. The first kappa shape index (κ1) is 31.8. The van der Waals surface area contributed by atoms with Crippen LogP contribution in [0.15, 0.2) is 47.5 Å². The zero-order valence-electron chi connectivity index (χ0n) is 22.9. The molecule has 3 N–H and O–H groups in total. The number of nitrogens with zero attached hydrogens (tertiary/aromatic N) is 1. The second-order valence-electron chi connectivity index (χ2n) is 8.78. The Morgan fingerprint density at radius 3 is 2.35 bits per heavy atom. The van der Waals surface area contributed by atoms with Crippen LogP contribution < -0.4 is 15.4 Å². The van der Waals surface area contributed by atoms with Crippen LogP contribution in [0.25, 0.3) is 0 Å². The van der Waals surface area contributed by atoms with Gasteiger partial charge in [-0.25, -0.2) is 4.39 Å². The Morgan fingerprint density at radius 2 is 1.86 bits per heavy atom. The van der Waals surface area contributed by atoms with Crippen molar-refractivity contribution < 1.29 is 23.8 Å². The minimum Gasteiger partial charge on any atom is -0.493 e. The molecule has 2 aromatic rings. The molecular weight excluding hydrogens is 473 g/mol. The van der Waals surface area contributed by atoms with Crippen LogP contribution >= 0.6 is 0 Å². The van der Waals surface area contributed by atoms with E-state index < -0.39 is 0 Å². The van der Waals surface area contributed by atoms with Crippen molar-refractivity contribution in [2.24, 2.45) is 10.9 Å². The molecule has 2 aromatic carbocycles. The Hall–Kier alpha value is -3.26. The van der Waals surface area contributed by atoms with Crippen molar-refractivity contribution in [3.05, 3.63) is 65.0 Å². The molecule has 1 saturated heterocycles. The maximum atomic E-state index is 11.9. The Labute approximate surface area is 220 Å². The number of carbonyl (C=O) groups is 2. The minimum absolute atomic E-state index is 0.00172. The summed E-state index contributed by atoms with van der Waals surface area (Å²) in [4.78, 5) is 27.1. The van der Waals surface area contributed by atoms with E-state index in [2.05, 4.69) is 44.4 Å². The molecule has 2 amide bonds.